The average molecular weight is 265 g/mol. The number of rotatable bonds is 3. The highest BCUT2D eigenvalue weighted by Gasteiger charge is 2.34. The number of hydrogen-bond acceptors (Lipinski definition) is 2. The lowest BCUT2D eigenvalue weighted by molar-refractivity contribution is -0.146. The van der Waals surface area contributed by atoms with Crippen molar-refractivity contribution in [3.63, 3.8) is 0 Å². The fourth-order valence-electron chi connectivity index (χ4n) is 2.17. The standard InChI is InChI=1S/C15H17ClO2/c1-12(13-8-4-2-5-9-13)14(17)18-15(16)10-6-3-7-11-15/h2,4-5,8-9H,1,3,6-7,10-11H2. The second-order valence-electron chi connectivity index (χ2n) is 4.68. The molecule has 0 amide bonds. The van der Waals surface area contributed by atoms with Gasteiger partial charge in [-0.15, -0.1) is 0 Å². The van der Waals surface area contributed by atoms with Gasteiger partial charge in [-0.1, -0.05) is 54.9 Å². The molecule has 2 rings (SSSR count). The molecule has 2 nitrogen and oxygen atoms in total. The molecule has 0 aliphatic heterocycles. The molecule has 0 saturated heterocycles. The van der Waals surface area contributed by atoms with Crippen molar-refractivity contribution in [1.29, 1.82) is 0 Å². The molecule has 1 saturated carbocycles. The van der Waals surface area contributed by atoms with Crippen LogP contribution in [0.25, 0.3) is 5.57 Å². The van der Waals surface area contributed by atoms with E-state index in [1.54, 1.807) is 0 Å². The van der Waals surface area contributed by atoms with Gasteiger partial charge in [-0.25, -0.2) is 4.79 Å². The molecule has 0 unspecified atom stereocenters. The molecular weight excluding hydrogens is 248 g/mol. The lowest BCUT2D eigenvalue weighted by Gasteiger charge is -2.30. The van der Waals surface area contributed by atoms with E-state index in [-0.39, 0.29) is 0 Å². The van der Waals surface area contributed by atoms with Gasteiger partial charge in [0.25, 0.3) is 0 Å². The number of alkyl halides is 1. The largest absolute Gasteiger partial charge is 0.439 e. The molecule has 18 heavy (non-hydrogen) atoms. The smallest absolute Gasteiger partial charge is 0.339 e. The summed E-state index contributed by atoms with van der Waals surface area (Å²) in [5.41, 5.74) is 1.14. The van der Waals surface area contributed by atoms with Crippen molar-refractivity contribution >= 4 is 23.1 Å². The quantitative estimate of drug-likeness (QED) is 0.466. The van der Waals surface area contributed by atoms with Crippen molar-refractivity contribution in [2.75, 3.05) is 0 Å². The zero-order valence-corrected chi connectivity index (χ0v) is 11.1. The van der Waals surface area contributed by atoms with Crippen molar-refractivity contribution in [3.05, 3.63) is 42.5 Å². The summed E-state index contributed by atoms with van der Waals surface area (Å²) < 4.78 is 5.42. The Kier molecular flexibility index (Phi) is 4.07. The molecule has 1 aromatic carbocycles. The summed E-state index contributed by atoms with van der Waals surface area (Å²) in [5, 5.41) is -0.826. The van der Waals surface area contributed by atoms with Gasteiger partial charge < -0.3 is 4.74 Å². The minimum absolute atomic E-state index is 0.362. The van der Waals surface area contributed by atoms with Gasteiger partial charge in [-0.05, 0) is 18.4 Å². The van der Waals surface area contributed by atoms with Crippen LogP contribution in [-0.4, -0.2) is 11.0 Å². The van der Waals surface area contributed by atoms with Crippen molar-refractivity contribution in [3.8, 4) is 0 Å². The highest BCUT2D eigenvalue weighted by molar-refractivity contribution is 6.25. The molecule has 1 aliphatic carbocycles. The van der Waals surface area contributed by atoms with Crippen molar-refractivity contribution in [2.24, 2.45) is 0 Å². The third kappa shape index (κ3) is 3.14. The molecule has 0 atom stereocenters. The first-order valence-electron chi connectivity index (χ1n) is 6.27. The van der Waals surface area contributed by atoms with E-state index in [9.17, 15) is 4.79 Å². The average Bonchev–Trinajstić information content (AvgIpc) is 2.39. The summed E-state index contributed by atoms with van der Waals surface area (Å²) in [6.45, 7) is 3.79. The van der Waals surface area contributed by atoms with Crippen LogP contribution in [0.15, 0.2) is 36.9 Å². The Hall–Kier alpha value is -1.28. The monoisotopic (exact) mass is 264 g/mol. The normalized spacial score (nSPS) is 18.1. The predicted octanol–water partition coefficient (Wildman–Crippen LogP) is 4.14. The Labute approximate surface area is 113 Å². The minimum atomic E-state index is -0.826. The van der Waals surface area contributed by atoms with Crippen LogP contribution in [0.1, 0.15) is 37.7 Å². The zero-order chi connectivity index (χ0) is 13.0. The van der Waals surface area contributed by atoms with Gasteiger partial charge in [0, 0.05) is 12.8 Å². The molecule has 0 heterocycles. The van der Waals surface area contributed by atoms with Gasteiger partial charge in [0.2, 0.25) is 0 Å². The summed E-state index contributed by atoms with van der Waals surface area (Å²) in [5.74, 6) is -0.418. The maximum absolute atomic E-state index is 12.0. The third-order valence-corrected chi connectivity index (χ3v) is 3.70. The Morgan fingerprint density at radius 3 is 2.39 bits per heavy atom. The van der Waals surface area contributed by atoms with E-state index in [1.807, 2.05) is 30.3 Å². The Balaban J connectivity index is 2.02. The summed E-state index contributed by atoms with van der Waals surface area (Å²) in [7, 11) is 0. The maximum atomic E-state index is 12.0. The molecule has 0 aromatic heterocycles. The molecular formula is C15H17ClO2. The van der Waals surface area contributed by atoms with Gasteiger partial charge in [0.05, 0.1) is 5.57 Å². The first-order chi connectivity index (χ1) is 8.61. The van der Waals surface area contributed by atoms with Crippen molar-refractivity contribution < 1.29 is 9.53 Å². The predicted molar refractivity (Wildman–Crippen MR) is 73.2 cm³/mol. The Morgan fingerprint density at radius 2 is 1.78 bits per heavy atom. The first kappa shape index (κ1) is 13.2. The summed E-state index contributed by atoms with van der Waals surface area (Å²) in [6.07, 6.45) is 4.62. The highest BCUT2D eigenvalue weighted by Crippen LogP contribution is 2.36. The summed E-state index contributed by atoms with van der Waals surface area (Å²) in [6, 6.07) is 9.30. The second-order valence-corrected chi connectivity index (χ2v) is 5.37. The van der Waals surface area contributed by atoms with E-state index >= 15 is 0 Å². The Morgan fingerprint density at radius 1 is 1.17 bits per heavy atom. The number of esters is 1. The fraction of sp³-hybridized carbons (Fsp3) is 0.400. The maximum Gasteiger partial charge on any atom is 0.339 e. The van der Waals surface area contributed by atoms with Crippen LogP contribution in [-0.2, 0) is 9.53 Å². The topological polar surface area (TPSA) is 26.3 Å². The number of halogens is 1. The number of hydrogen-bond donors (Lipinski definition) is 0. The molecule has 0 radical (unpaired) electrons. The van der Waals surface area contributed by atoms with E-state index in [1.165, 1.54) is 0 Å². The second kappa shape index (κ2) is 5.57. The lowest BCUT2D eigenvalue weighted by atomic mass is 9.97. The van der Waals surface area contributed by atoms with E-state index < -0.39 is 11.0 Å². The van der Waals surface area contributed by atoms with Crippen LogP contribution in [0.5, 0.6) is 0 Å². The van der Waals surface area contributed by atoms with Crippen molar-refractivity contribution in [2.45, 2.75) is 37.2 Å². The number of carbonyl (C=O) groups is 1. The van der Waals surface area contributed by atoms with Gasteiger partial charge in [0.15, 0.2) is 5.06 Å². The zero-order valence-electron chi connectivity index (χ0n) is 10.3. The van der Waals surface area contributed by atoms with Crippen LogP contribution in [0.4, 0.5) is 0 Å². The lowest BCUT2D eigenvalue weighted by Crippen LogP contribution is -2.31. The van der Waals surface area contributed by atoms with E-state index in [4.69, 9.17) is 16.3 Å². The van der Waals surface area contributed by atoms with Crippen LogP contribution in [0, 0.1) is 0 Å². The highest BCUT2D eigenvalue weighted by atomic mass is 35.5. The SMILES string of the molecule is C=C(C(=O)OC1(Cl)CCCCC1)c1ccccc1. The van der Waals surface area contributed by atoms with Crippen LogP contribution in [0.3, 0.4) is 0 Å². The Bertz CT molecular complexity index is 433. The molecule has 1 aromatic rings. The minimum Gasteiger partial charge on any atom is -0.439 e. The first-order valence-corrected chi connectivity index (χ1v) is 6.65. The van der Waals surface area contributed by atoms with Crippen molar-refractivity contribution in [1.82, 2.24) is 0 Å². The van der Waals surface area contributed by atoms with Gasteiger partial charge in [-0.3, -0.25) is 0 Å². The van der Waals surface area contributed by atoms with E-state index in [0.717, 1.165) is 37.7 Å². The van der Waals surface area contributed by atoms with Gasteiger partial charge in [-0.2, -0.15) is 0 Å². The summed E-state index contributed by atoms with van der Waals surface area (Å²) >= 11 is 6.32. The molecule has 0 N–H and O–H groups in total. The van der Waals surface area contributed by atoms with Crippen LogP contribution in [0.2, 0.25) is 0 Å². The number of carbonyl (C=O) groups excluding carboxylic acids is 1. The van der Waals surface area contributed by atoms with E-state index in [0.29, 0.717) is 5.57 Å². The summed E-state index contributed by atoms with van der Waals surface area (Å²) in [4.78, 5) is 12.0. The van der Waals surface area contributed by atoms with Gasteiger partial charge in [0.1, 0.15) is 0 Å². The van der Waals surface area contributed by atoms with Crippen LogP contribution < -0.4 is 0 Å². The molecule has 1 fully saturated rings. The molecule has 96 valence electrons. The number of ether oxygens (including phenoxy) is 1. The third-order valence-electron chi connectivity index (χ3n) is 3.24. The van der Waals surface area contributed by atoms with E-state index in [2.05, 4.69) is 6.58 Å². The molecule has 0 bridgehead atoms. The van der Waals surface area contributed by atoms with Gasteiger partial charge >= 0.3 is 5.97 Å². The molecule has 1 aliphatic rings. The molecule has 3 heteroatoms. The number of benzene rings is 1. The molecule has 0 spiro atoms. The van der Waals surface area contributed by atoms with Crippen LogP contribution >= 0.6 is 11.6 Å². The fourth-order valence-corrected chi connectivity index (χ4v) is 2.50.